The monoisotopic (exact) mass is 474 g/mol. The molecule has 1 aromatic carbocycles. The molecule has 8 N–H and O–H groups in total. The minimum Gasteiger partial charge on any atom is -0.504 e. The molecule has 2 aliphatic rings. The third-order valence-corrected chi connectivity index (χ3v) is 5.35. The Morgan fingerprint density at radius 2 is 1.88 bits per heavy atom. The topological polar surface area (TPSA) is 216 Å². The molecule has 3 rings (SSSR count). The van der Waals surface area contributed by atoms with Crippen molar-refractivity contribution < 1.29 is 64.6 Å². The van der Waals surface area contributed by atoms with Crippen molar-refractivity contribution in [1.82, 2.24) is 0 Å². The standard InChI is InChI=1S/C20H26O13/c21-6-12-14(26)15(32-13(25)4-2-9-1-3-10(23)11(24)5-9)16(18(28)31-12)33-19-17(27)20(29,7-22)8-30-19/h1-5,12,14-19,21-24,26-29H,6-8H2/b4-2+/t12-,14-,15+,16-,17+,18-,19+,20-/m1/s1. The van der Waals surface area contributed by atoms with Crippen LogP contribution in [0.5, 0.6) is 11.5 Å². The van der Waals surface area contributed by atoms with Crippen LogP contribution >= 0.6 is 0 Å². The fraction of sp³-hybridized carbons (Fsp3) is 0.550. The number of carbonyl (C=O) groups is 1. The van der Waals surface area contributed by atoms with Crippen LogP contribution in [0.1, 0.15) is 5.56 Å². The third kappa shape index (κ3) is 5.43. The van der Waals surface area contributed by atoms with E-state index in [1.54, 1.807) is 0 Å². The van der Waals surface area contributed by atoms with Crippen LogP contribution in [0, 0.1) is 0 Å². The largest absolute Gasteiger partial charge is 0.504 e. The molecule has 0 bridgehead atoms. The van der Waals surface area contributed by atoms with Crippen molar-refractivity contribution in [3.63, 3.8) is 0 Å². The highest BCUT2D eigenvalue weighted by Gasteiger charge is 2.53. The summed E-state index contributed by atoms with van der Waals surface area (Å²) in [6, 6.07) is 3.79. The van der Waals surface area contributed by atoms with Crippen molar-refractivity contribution in [2.75, 3.05) is 19.8 Å². The van der Waals surface area contributed by atoms with Crippen molar-refractivity contribution in [2.24, 2.45) is 0 Å². The Morgan fingerprint density at radius 1 is 1.15 bits per heavy atom. The van der Waals surface area contributed by atoms with Crippen LogP contribution in [0.25, 0.3) is 6.08 Å². The van der Waals surface area contributed by atoms with E-state index < -0.39 is 80.2 Å². The first-order valence-electron chi connectivity index (χ1n) is 9.91. The van der Waals surface area contributed by atoms with Gasteiger partial charge in [-0.2, -0.15) is 0 Å². The van der Waals surface area contributed by atoms with Crippen molar-refractivity contribution in [3.8, 4) is 11.5 Å². The van der Waals surface area contributed by atoms with E-state index in [1.165, 1.54) is 24.3 Å². The first-order chi connectivity index (χ1) is 15.6. The number of ether oxygens (including phenoxy) is 4. The minimum atomic E-state index is -2.03. The highest BCUT2D eigenvalue weighted by molar-refractivity contribution is 5.87. The number of phenols is 2. The molecule has 8 atom stereocenters. The van der Waals surface area contributed by atoms with Gasteiger partial charge in [-0.3, -0.25) is 0 Å². The van der Waals surface area contributed by atoms with Crippen LogP contribution in [0.2, 0.25) is 0 Å². The number of carbonyl (C=O) groups excluding carboxylic acids is 1. The average molecular weight is 474 g/mol. The molecule has 0 amide bonds. The van der Waals surface area contributed by atoms with Gasteiger partial charge in [-0.15, -0.1) is 0 Å². The molecule has 0 aromatic heterocycles. The molecule has 0 aliphatic carbocycles. The lowest BCUT2D eigenvalue weighted by Gasteiger charge is -2.42. The third-order valence-electron chi connectivity index (χ3n) is 5.35. The zero-order chi connectivity index (χ0) is 24.3. The number of aliphatic hydroxyl groups is 6. The Balaban J connectivity index is 1.75. The van der Waals surface area contributed by atoms with Gasteiger partial charge in [0.05, 0.1) is 19.8 Å². The van der Waals surface area contributed by atoms with E-state index in [9.17, 15) is 45.6 Å². The molecule has 0 radical (unpaired) electrons. The summed E-state index contributed by atoms with van der Waals surface area (Å²) in [7, 11) is 0. The van der Waals surface area contributed by atoms with Crippen LogP contribution < -0.4 is 0 Å². The summed E-state index contributed by atoms with van der Waals surface area (Å²) in [6.07, 6.45) is -9.16. The van der Waals surface area contributed by atoms with Gasteiger partial charge in [0.15, 0.2) is 36.3 Å². The molecule has 184 valence electrons. The van der Waals surface area contributed by atoms with E-state index >= 15 is 0 Å². The molecule has 2 fully saturated rings. The number of phenolic OH excluding ortho intramolecular Hbond substituents is 2. The molecule has 0 unspecified atom stereocenters. The smallest absolute Gasteiger partial charge is 0.331 e. The fourth-order valence-corrected chi connectivity index (χ4v) is 3.38. The number of aliphatic hydroxyl groups excluding tert-OH is 5. The van der Waals surface area contributed by atoms with Crippen LogP contribution in [0.4, 0.5) is 0 Å². The maximum Gasteiger partial charge on any atom is 0.331 e. The summed E-state index contributed by atoms with van der Waals surface area (Å²) in [5, 5.41) is 78.5. The van der Waals surface area contributed by atoms with Gasteiger partial charge < -0.3 is 59.8 Å². The number of benzene rings is 1. The highest BCUT2D eigenvalue weighted by Crippen LogP contribution is 2.31. The second-order valence-electron chi connectivity index (χ2n) is 7.71. The molecule has 2 aliphatic heterocycles. The lowest BCUT2D eigenvalue weighted by atomic mass is 9.98. The zero-order valence-electron chi connectivity index (χ0n) is 17.2. The van der Waals surface area contributed by atoms with E-state index in [0.29, 0.717) is 5.56 Å². The fourth-order valence-electron chi connectivity index (χ4n) is 3.38. The van der Waals surface area contributed by atoms with Gasteiger partial charge in [-0.05, 0) is 23.8 Å². The Bertz CT molecular complexity index is 860. The van der Waals surface area contributed by atoms with E-state index in [2.05, 4.69) is 0 Å². The van der Waals surface area contributed by atoms with E-state index in [0.717, 1.165) is 6.08 Å². The van der Waals surface area contributed by atoms with Crippen molar-refractivity contribution in [1.29, 1.82) is 0 Å². The molecule has 0 spiro atoms. The Labute approximate surface area is 187 Å². The number of aromatic hydroxyl groups is 2. The number of rotatable bonds is 7. The lowest BCUT2D eigenvalue weighted by molar-refractivity contribution is -0.326. The molecule has 13 heteroatoms. The number of esters is 1. The van der Waals surface area contributed by atoms with Gasteiger partial charge in [-0.25, -0.2) is 4.79 Å². The van der Waals surface area contributed by atoms with Gasteiger partial charge in [0, 0.05) is 6.08 Å². The van der Waals surface area contributed by atoms with Crippen molar-refractivity contribution in [3.05, 3.63) is 29.8 Å². The van der Waals surface area contributed by atoms with Crippen LogP contribution in [0.3, 0.4) is 0 Å². The highest BCUT2D eigenvalue weighted by atomic mass is 16.7. The van der Waals surface area contributed by atoms with Crippen molar-refractivity contribution in [2.45, 2.75) is 48.7 Å². The predicted molar refractivity (Wildman–Crippen MR) is 105 cm³/mol. The molecule has 13 nitrogen and oxygen atoms in total. The van der Waals surface area contributed by atoms with E-state index in [1.807, 2.05) is 0 Å². The minimum absolute atomic E-state index is 0.335. The summed E-state index contributed by atoms with van der Waals surface area (Å²) in [5.41, 5.74) is -1.69. The second kappa shape index (κ2) is 10.3. The van der Waals surface area contributed by atoms with Gasteiger partial charge in [0.25, 0.3) is 0 Å². The van der Waals surface area contributed by atoms with Gasteiger partial charge in [-0.1, -0.05) is 6.07 Å². The first-order valence-corrected chi connectivity index (χ1v) is 9.91. The zero-order valence-corrected chi connectivity index (χ0v) is 17.2. The molecule has 2 saturated heterocycles. The van der Waals surface area contributed by atoms with E-state index in [-0.39, 0.29) is 5.75 Å². The van der Waals surface area contributed by atoms with E-state index in [4.69, 9.17) is 18.9 Å². The average Bonchev–Trinajstić information content (AvgIpc) is 3.08. The molecule has 2 heterocycles. The van der Waals surface area contributed by atoms with Crippen LogP contribution in [-0.2, 0) is 23.7 Å². The summed E-state index contributed by atoms with van der Waals surface area (Å²) >= 11 is 0. The maximum atomic E-state index is 12.4. The Morgan fingerprint density at radius 3 is 2.48 bits per heavy atom. The normalized spacial score (nSPS) is 36.8. The molecule has 33 heavy (non-hydrogen) atoms. The SMILES string of the molecule is O=C(/C=C/c1ccc(O)c(O)c1)O[C@H]1[C@H](O)[C@@H](CO)O[C@@H](O)[C@@H]1O[C@@H]1OC[C@](O)(CO)[C@H]1O. The first kappa shape index (κ1) is 25.3. The molecular weight excluding hydrogens is 448 g/mol. The van der Waals surface area contributed by atoms with Crippen molar-refractivity contribution >= 4 is 12.0 Å². The Kier molecular flexibility index (Phi) is 7.89. The second-order valence-corrected chi connectivity index (χ2v) is 7.71. The van der Waals surface area contributed by atoms with Crippen LogP contribution in [0.15, 0.2) is 24.3 Å². The lowest BCUT2D eigenvalue weighted by Crippen LogP contribution is -2.62. The summed E-state index contributed by atoms with van der Waals surface area (Å²) in [5.74, 6) is -1.77. The quantitative estimate of drug-likeness (QED) is 0.112. The molecule has 1 aromatic rings. The summed E-state index contributed by atoms with van der Waals surface area (Å²) in [6.45, 7) is -2.06. The van der Waals surface area contributed by atoms with Crippen LogP contribution in [-0.4, -0.2) is 115 Å². The van der Waals surface area contributed by atoms with Gasteiger partial charge >= 0.3 is 5.97 Å². The molecule has 0 saturated carbocycles. The number of hydrogen-bond acceptors (Lipinski definition) is 13. The molecular formula is C20H26O13. The maximum absolute atomic E-state index is 12.4. The summed E-state index contributed by atoms with van der Waals surface area (Å²) in [4.78, 5) is 12.4. The van der Waals surface area contributed by atoms with Gasteiger partial charge in [0.1, 0.15) is 23.9 Å². The predicted octanol–water partition coefficient (Wildman–Crippen LogP) is -3.08. The Hall–Kier alpha value is -2.33. The number of hydrogen-bond donors (Lipinski definition) is 8. The summed E-state index contributed by atoms with van der Waals surface area (Å²) < 4.78 is 20.8. The van der Waals surface area contributed by atoms with Gasteiger partial charge in [0.2, 0.25) is 0 Å².